The minimum atomic E-state index is -0.404. The van der Waals surface area contributed by atoms with Crippen molar-refractivity contribution in [3.05, 3.63) is 96.0 Å². The summed E-state index contributed by atoms with van der Waals surface area (Å²) in [6.07, 6.45) is 1.76. The summed E-state index contributed by atoms with van der Waals surface area (Å²) in [6, 6.07) is 21.9. The number of hydrogen-bond donors (Lipinski definition) is 1. The SMILES string of the molecule is COC(=O)c1cccc(-c2ccc([C@@H]3[C@H](c4ccccn4)NC(=S)N3c3ccc4c(c3)OCO4)o2)c1. The molecule has 6 rings (SSSR count). The molecule has 1 saturated heterocycles. The maximum atomic E-state index is 12.0. The standard InChI is InChI=1S/C27H21N3O5S/c1-32-26(31)17-6-4-5-16(13-17)20-10-11-22(35-20)25-24(19-7-2-3-12-28-19)29-27(36)30(25)18-8-9-21-23(14-18)34-15-33-21/h2-14,24-25H,15H2,1H3,(H,29,36)/t24-,25+/m0/s1. The summed E-state index contributed by atoms with van der Waals surface area (Å²) in [5, 5.41) is 3.96. The van der Waals surface area contributed by atoms with Gasteiger partial charge in [-0.2, -0.15) is 0 Å². The number of aromatic nitrogens is 1. The van der Waals surface area contributed by atoms with Gasteiger partial charge in [0.2, 0.25) is 6.79 Å². The van der Waals surface area contributed by atoms with E-state index in [1.807, 2.05) is 59.5 Å². The number of methoxy groups -OCH3 is 1. The summed E-state index contributed by atoms with van der Waals surface area (Å²) in [6.45, 7) is 0.188. The van der Waals surface area contributed by atoms with Gasteiger partial charge in [-0.3, -0.25) is 4.98 Å². The van der Waals surface area contributed by atoms with Crippen molar-refractivity contribution in [2.75, 3.05) is 18.8 Å². The average molecular weight is 500 g/mol. The molecule has 0 aliphatic carbocycles. The molecule has 36 heavy (non-hydrogen) atoms. The Hall–Kier alpha value is -4.37. The number of esters is 1. The number of furan rings is 1. The fraction of sp³-hybridized carbons (Fsp3) is 0.148. The lowest BCUT2D eigenvalue weighted by atomic mass is 10.0. The first-order valence-electron chi connectivity index (χ1n) is 11.3. The van der Waals surface area contributed by atoms with E-state index in [1.54, 1.807) is 24.4 Å². The van der Waals surface area contributed by atoms with Crippen LogP contribution >= 0.6 is 12.2 Å². The Morgan fingerprint density at radius 2 is 1.94 bits per heavy atom. The highest BCUT2D eigenvalue weighted by Crippen LogP contribution is 2.45. The van der Waals surface area contributed by atoms with Crippen LogP contribution in [0.3, 0.4) is 0 Å². The summed E-state index contributed by atoms with van der Waals surface area (Å²) in [7, 11) is 1.36. The van der Waals surface area contributed by atoms with Crippen LogP contribution in [0.1, 0.15) is 33.9 Å². The lowest BCUT2D eigenvalue weighted by Gasteiger charge is -2.26. The summed E-state index contributed by atoms with van der Waals surface area (Å²) in [5.74, 6) is 2.27. The minimum absolute atomic E-state index is 0.188. The third kappa shape index (κ3) is 3.83. The van der Waals surface area contributed by atoms with Crippen LogP contribution in [-0.2, 0) is 4.74 Å². The van der Waals surface area contributed by atoms with Crippen molar-refractivity contribution in [3.8, 4) is 22.8 Å². The molecule has 9 heteroatoms. The Bertz CT molecular complexity index is 1450. The third-order valence-corrected chi connectivity index (χ3v) is 6.53. The van der Waals surface area contributed by atoms with Crippen LogP contribution in [0.4, 0.5) is 5.69 Å². The van der Waals surface area contributed by atoms with Gasteiger partial charge in [-0.05, 0) is 60.7 Å². The number of fused-ring (bicyclic) bond motifs is 1. The van der Waals surface area contributed by atoms with Gasteiger partial charge in [0.25, 0.3) is 0 Å². The van der Waals surface area contributed by atoms with Gasteiger partial charge in [0.05, 0.1) is 24.4 Å². The third-order valence-electron chi connectivity index (χ3n) is 6.22. The summed E-state index contributed by atoms with van der Waals surface area (Å²) < 4.78 is 22.3. The molecule has 8 nitrogen and oxygen atoms in total. The number of thiocarbonyl (C=S) groups is 1. The van der Waals surface area contributed by atoms with Crippen LogP contribution in [0.25, 0.3) is 11.3 Å². The van der Waals surface area contributed by atoms with Crippen molar-refractivity contribution in [1.29, 1.82) is 0 Å². The van der Waals surface area contributed by atoms with Crippen LogP contribution < -0.4 is 19.7 Å². The Balaban J connectivity index is 1.42. The lowest BCUT2D eigenvalue weighted by Crippen LogP contribution is -2.29. The first-order valence-corrected chi connectivity index (χ1v) is 11.7. The first-order chi connectivity index (χ1) is 17.6. The van der Waals surface area contributed by atoms with E-state index in [-0.39, 0.29) is 18.9 Å². The molecule has 1 fully saturated rings. The zero-order valence-electron chi connectivity index (χ0n) is 19.2. The maximum Gasteiger partial charge on any atom is 0.337 e. The Morgan fingerprint density at radius 3 is 2.78 bits per heavy atom. The van der Waals surface area contributed by atoms with Crippen molar-refractivity contribution in [1.82, 2.24) is 10.3 Å². The van der Waals surface area contributed by atoms with Crippen molar-refractivity contribution in [2.45, 2.75) is 12.1 Å². The number of carbonyl (C=O) groups excluding carboxylic acids is 1. The van der Waals surface area contributed by atoms with E-state index in [2.05, 4.69) is 10.3 Å². The molecular formula is C27H21N3O5S. The number of rotatable bonds is 5. The van der Waals surface area contributed by atoms with Gasteiger partial charge in [0.15, 0.2) is 16.6 Å². The van der Waals surface area contributed by atoms with E-state index in [1.165, 1.54) is 7.11 Å². The van der Waals surface area contributed by atoms with E-state index >= 15 is 0 Å². The molecule has 0 unspecified atom stereocenters. The number of benzene rings is 2. The molecule has 0 spiro atoms. The minimum Gasteiger partial charge on any atom is -0.465 e. The summed E-state index contributed by atoms with van der Waals surface area (Å²) in [5.41, 5.74) is 2.89. The zero-order valence-corrected chi connectivity index (χ0v) is 20.0. The lowest BCUT2D eigenvalue weighted by molar-refractivity contribution is 0.0600. The number of nitrogens with one attached hydrogen (secondary N) is 1. The predicted molar refractivity (Wildman–Crippen MR) is 136 cm³/mol. The summed E-state index contributed by atoms with van der Waals surface area (Å²) >= 11 is 5.79. The van der Waals surface area contributed by atoms with E-state index in [4.69, 9.17) is 30.8 Å². The highest BCUT2D eigenvalue weighted by molar-refractivity contribution is 7.80. The number of carbonyl (C=O) groups is 1. The van der Waals surface area contributed by atoms with Gasteiger partial charge < -0.3 is 28.8 Å². The number of hydrogen-bond acceptors (Lipinski definition) is 7. The van der Waals surface area contributed by atoms with Gasteiger partial charge in [-0.1, -0.05) is 18.2 Å². The Kier molecular flexibility index (Phi) is 5.54. The topological polar surface area (TPSA) is 86.1 Å². The Morgan fingerprint density at radius 1 is 1.06 bits per heavy atom. The quantitative estimate of drug-likeness (QED) is 0.300. The van der Waals surface area contributed by atoms with Gasteiger partial charge in [0.1, 0.15) is 17.6 Å². The highest BCUT2D eigenvalue weighted by Gasteiger charge is 2.43. The zero-order chi connectivity index (χ0) is 24.6. The molecule has 1 N–H and O–H groups in total. The van der Waals surface area contributed by atoms with E-state index < -0.39 is 5.97 Å². The number of nitrogens with zero attached hydrogens (tertiary/aromatic N) is 2. The number of pyridine rings is 1. The van der Waals surface area contributed by atoms with Crippen molar-refractivity contribution < 1.29 is 23.4 Å². The average Bonchev–Trinajstić information content (AvgIpc) is 3.66. The van der Waals surface area contributed by atoms with Gasteiger partial charge in [-0.25, -0.2) is 4.79 Å². The van der Waals surface area contributed by atoms with Gasteiger partial charge in [0, 0.05) is 23.5 Å². The second-order valence-corrected chi connectivity index (χ2v) is 8.70. The number of anilines is 1. The van der Waals surface area contributed by atoms with Crippen molar-refractivity contribution in [2.24, 2.45) is 0 Å². The molecule has 0 amide bonds. The van der Waals surface area contributed by atoms with Crippen LogP contribution in [-0.4, -0.2) is 30.0 Å². The van der Waals surface area contributed by atoms with Gasteiger partial charge >= 0.3 is 5.97 Å². The molecule has 180 valence electrons. The second-order valence-electron chi connectivity index (χ2n) is 8.31. The maximum absolute atomic E-state index is 12.0. The molecule has 4 heterocycles. The van der Waals surface area contributed by atoms with E-state index in [0.717, 1.165) is 16.9 Å². The van der Waals surface area contributed by atoms with Crippen LogP contribution in [0.15, 0.2) is 83.4 Å². The van der Waals surface area contributed by atoms with Crippen molar-refractivity contribution >= 4 is 29.0 Å². The Labute approximate surface area is 212 Å². The molecule has 4 aromatic rings. The highest BCUT2D eigenvalue weighted by atomic mass is 32.1. The fourth-order valence-corrected chi connectivity index (χ4v) is 4.89. The molecule has 2 atom stereocenters. The molecule has 2 aliphatic heterocycles. The molecule has 0 saturated carbocycles. The van der Waals surface area contributed by atoms with E-state index in [9.17, 15) is 4.79 Å². The van der Waals surface area contributed by atoms with Gasteiger partial charge in [-0.15, -0.1) is 0 Å². The van der Waals surface area contributed by atoms with Crippen molar-refractivity contribution in [3.63, 3.8) is 0 Å². The second kappa shape index (κ2) is 9.01. The molecule has 2 aromatic carbocycles. The fourth-order valence-electron chi connectivity index (χ4n) is 4.54. The van der Waals surface area contributed by atoms with E-state index in [0.29, 0.717) is 33.7 Å². The largest absolute Gasteiger partial charge is 0.465 e. The predicted octanol–water partition coefficient (Wildman–Crippen LogP) is 5.03. The first kappa shape index (κ1) is 22.1. The molecular weight excluding hydrogens is 478 g/mol. The monoisotopic (exact) mass is 499 g/mol. The molecule has 2 aliphatic rings. The molecule has 0 bridgehead atoms. The van der Waals surface area contributed by atoms with Crippen LogP contribution in [0.5, 0.6) is 11.5 Å². The summed E-state index contributed by atoms with van der Waals surface area (Å²) in [4.78, 5) is 18.6. The molecule has 2 aromatic heterocycles. The van der Waals surface area contributed by atoms with Crippen LogP contribution in [0.2, 0.25) is 0 Å². The number of ether oxygens (including phenoxy) is 3. The van der Waals surface area contributed by atoms with Crippen LogP contribution in [0, 0.1) is 0 Å². The molecule has 0 radical (unpaired) electrons. The smallest absolute Gasteiger partial charge is 0.337 e. The normalized spacial score (nSPS) is 18.2.